The number of carbonyl (C=O) groups is 2. The summed E-state index contributed by atoms with van der Waals surface area (Å²) in [6, 6.07) is 19.4. The molecule has 0 fully saturated rings. The first kappa shape index (κ1) is 32.2. The minimum Gasteiger partial charge on any atom is -0.493 e. The molecule has 8 nitrogen and oxygen atoms in total. The number of methoxy groups -OCH3 is 3. The molecule has 1 heterocycles. The van der Waals surface area contributed by atoms with E-state index in [-0.39, 0.29) is 24.7 Å². The van der Waals surface area contributed by atoms with E-state index < -0.39 is 11.9 Å². The lowest BCUT2D eigenvalue weighted by atomic mass is 9.71. The second kappa shape index (κ2) is 14.2. The van der Waals surface area contributed by atoms with Crippen LogP contribution in [0.25, 0.3) is 0 Å². The molecule has 236 valence electrons. The molecule has 0 radical (unpaired) electrons. The maximum atomic E-state index is 14.2. The zero-order valence-electron chi connectivity index (χ0n) is 26.2. The van der Waals surface area contributed by atoms with Crippen LogP contribution in [0.2, 0.25) is 0 Å². The van der Waals surface area contributed by atoms with E-state index in [1.165, 1.54) is 0 Å². The van der Waals surface area contributed by atoms with Gasteiger partial charge in [-0.1, -0.05) is 36.4 Å². The fourth-order valence-electron chi connectivity index (χ4n) is 6.19. The van der Waals surface area contributed by atoms with Gasteiger partial charge < -0.3 is 29.0 Å². The van der Waals surface area contributed by atoms with Crippen LogP contribution in [0.1, 0.15) is 55.2 Å². The Bertz CT molecular complexity index is 1650. The number of allylic oxidation sites excluding steroid dienone is 3. The van der Waals surface area contributed by atoms with Crippen LogP contribution >= 0.6 is 15.9 Å². The van der Waals surface area contributed by atoms with Crippen LogP contribution in [0.15, 0.2) is 87.7 Å². The first-order chi connectivity index (χ1) is 21.8. The summed E-state index contributed by atoms with van der Waals surface area (Å²) in [4.78, 5) is 28.0. The minimum atomic E-state index is -0.661. The topological polar surface area (TPSA) is 92.3 Å². The predicted octanol–water partition coefficient (Wildman–Crippen LogP) is 7.02. The van der Waals surface area contributed by atoms with Crippen LogP contribution in [0.5, 0.6) is 23.0 Å². The van der Waals surface area contributed by atoms with Gasteiger partial charge in [-0.2, -0.15) is 0 Å². The third-order valence-electron chi connectivity index (χ3n) is 8.26. The normalized spacial score (nSPS) is 17.8. The molecule has 0 aromatic heterocycles. The number of hydrogen-bond donors (Lipinski definition) is 1. The molecule has 5 rings (SSSR count). The molecule has 1 N–H and O–H groups in total. The summed E-state index contributed by atoms with van der Waals surface area (Å²) in [6.45, 7) is 4.38. The summed E-state index contributed by atoms with van der Waals surface area (Å²) in [7, 11) is 4.77. The Kier molecular flexibility index (Phi) is 10.2. The van der Waals surface area contributed by atoms with Crippen molar-refractivity contribution in [1.29, 1.82) is 0 Å². The summed E-state index contributed by atoms with van der Waals surface area (Å²) < 4.78 is 29.0. The third-order valence-corrected chi connectivity index (χ3v) is 8.85. The van der Waals surface area contributed by atoms with Crippen molar-refractivity contribution in [3.05, 3.63) is 104 Å². The standard InChI is InChI=1S/C36H38BrNO7/c1-6-44-31-20-25(16-26(37)35(31)43-5)33-32(36(40)45-15-14-22-10-8-7-9-11-22)21(2)38-27-17-24(18-28(39)34(27)33)23-12-13-29(41-3)30(19-23)42-4/h7-13,16,19-20,24,33,38H,6,14-15,17-18H2,1-5H3/t24-,33+/m0/s1. The highest BCUT2D eigenvalue weighted by molar-refractivity contribution is 9.10. The predicted molar refractivity (Wildman–Crippen MR) is 175 cm³/mol. The van der Waals surface area contributed by atoms with E-state index in [1.807, 2.05) is 74.5 Å². The van der Waals surface area contributed by atoms with Crippen molar-refractivity contribution in [2.24, 2.45) is 0 Å². The molecular weight excluding hydrogens is 638 g/mol. The first-order valence-electron chi connectivity index (χ1n) is 15.0. The number of hydrogen-bond acceptors (Lipinski definition) is 8. The van der Waals surface area contributed by atoms with Gasteiger partial charge in [0.15, 0.2) is 28.8 Å². The summed E-state index contributed by atoms with van der Waals surface area (Å²) in [6.07, 6.45) is 1.44. The second-order valence-electron chi connectivity index (χ2n) is 11.0. The Morgan fingerprint density at radius 3 is 2.33 bits per heavy atom. The molecule has 0 unspecified atom stereocenters. The largest absolute Gasteiger partial charge is 0.493 e. The fourth-order valence-corrected chi connectivity index (χ4v) is 6.81. The molecule has 45 heavy (non-hydrogen) atoms. The number of ether oxygens (including phenoxy) is 5. The Morgan fingerprint density at radius 1 is 0.911 bits per heavy atom. The van der Waals surface area contributed by atoms with Gasteiger partial charge in [0.25, 0.3) is 0 Å². The SMILES string of the molecule is CCOc1cc([C@@H]2C(C(=O)OCCc3ccccc3)=C(C)NC3=C2C(=O)C[C@@H](c2ccc(OC)c(OC)c2)C3)cc(Br)c1OC. The lowest BCUT2D eigenvalue weighted by Gasteiger charge is -2.37. The van der Waals surface area contributed by atoms with Gasteiger partial charge in [0.05, 0.1) is 44.6 Å². The van der Waals surface area contributed by atoms with Gasteiger partial charge in [0.1, 0.15) is 0 Å². The second-order valence-corrected chi connectivity index (χ2v) is 11.8. The van der Waals surface area contributed by atoms with E-state index in [0.717, 1.165) is 22.4 Å². The summed E-state index contributed by atoms with van der Waals surface area (Å²) in [5.74, 6) is 1.05. The number of ketones is 1. The fraction of sp³-hybridized carbons (Fsp3) is 0.333. The van der Waals surface area contributed by atoms with Crippen molar-refractivity contribution in [2.75, 3.05) is 34.5 Å². The number of nitrogens with one attached hydrogen (secondary N) is 1. The number of Topliss-reactive ketones (excluding diaryl/α,β-unsaturated/α-hetero) is 1. The van der Waals surface area contributed by atoms with E-state index >= 15 is 0 Å². The molecule has 3 aromatic rings. The minimum absolute atomic E-state index is 0.0412. The zero-order chi connectivity index (χ0) is 32.1. The Balaban J connectivity index is 1.54. The van der Waals surface area contributed by atoms with Crippen molar-refractivity contribution in [2.45, 2.75) is 44.9 Å². The highest BCUT2D eigenvalue weighted by Crippen LogP contribution is 2.49. The smallest absolute Gasteiger partial charge is 0.336 e. The number of rotatable bonds is 11. The summed E-state index contributed by atoms with van der Waals surface area (Å²) in [5, 5.41) is 3.43. The monoisotopic (exact) mass is 675 g/mol. The van der Waals surface area contributed by atoms with E-state index in [1.54, 1.807) is 21.3 Å². The van der Waals surface area contributed by atoms with Gasteiger partial charge in [0, 0.05) is 35.7 Å². The molecule has 9 heteroatoms. The van der Waals surface area contributed by atoms with E-state index in [0.29, 0.717) is 63.8 Å². The van der Waals surface area contributed by atoms with Crippen molar-refractivity contribution < 1.29 is 33.3 Å². The Hall–Kier alpha value is -4.24. The molecule has 3 aromatic carbocycles. The average Bonchev–Trinajstić information content (AvgIpc) is 3.04. The number of halogens is 1. The van der Waals surface area contributed by atoms with Crippen molar-refractivity contribution in [3.63, 3.8) is 0 Å². The van der Waals surface area contributed by atoms with Gasteiger partial charge in [-0.15, -0.1) is 0 Å². The van der Waals surface area contributed by atoms with Crippen LogP contribution in [0, 0.1) is 0 Å². The van der Waals surface area contributed by atoms with Crippen LogP contribution < -0.4 is 24.3 Å². The molecule has 1 aliphatic heterocycles. The Labute approximate surface area is 272 Å². The van der Waals surface area contributed by atoms with Crippen molar-refractivity contribution in [3.8, 4) is 23.0 Å². The van der Waals surface area contributed by atoms with Crippen LogP contribution in [-0.4, -0.2) is 46.3 Å². The van der Waals surface area contributed by atoms with Crippen LogP contribution in [-0.2, 0) is 20.7 Å². The van der Waals surface area contributed by atoms with E-state index in [2.05, 4.69) is 21.2 Å². The van der Waals surface area contributed by atoms with Gasteiger partial charge in [-0.25, -0.2) is 4.79 Å². The molecule has 0 saturated carbocycles. The van der Waals surface area contributed by atoms with Crippen molar-refractivity contribution in [1.82, 2.24) is 5.32 Å². The van der Waals surface area contributed by atoms with Gasteiger partial charge in [-0.3, -0.25) is 4.79 Å². The highest BCUT2D eigenvalue weighted by atomic mass is 79.9. The quantitative estimate of drug-likeness (QED) is 0.217. The average molecular weight is 677 g/mol. The lowest BCUT2D eigenvalue weighted by molar-refractivity contribution is -0.139. The molecular formula is C36H38BrNO7. The van der Waals surface area contributed by atoms with Gasteiger partial charge in [-0.05, 0) is 83.1 Å². The molecule has 0 amide bonds. The summed E-state index contributed by atoms with van der Waals surface area (Å²) in [5.41, 5.74) is 5.18. The maximum Gasteiger partial charge on any atom is 0.336 e. The highest BCUT2D eigenvalue weighted by Gasteiger charge is 2.42. The van der Waals surface area contributed by atoms with Crippen LogP contribution in [0.3, 0.4) is 0 Å². The van der Waals surface area contributed by atoms with Gasteiger partial charge >= 0.3 is 5.97 Å². The number of dihydropyridines is 1. The number of esters is 1. The van der Waals surface area contributed by atoms with E-state index in [4.69, 9.17) is 23.7 Å². The molecule has 2 atom stereocenters. The first-order valence-corrected chi connectivity index (χ1v) is 15.8. The molecule has 0 saturated heterocycles. The number of carbonyl (C=O) groups excluding carboxylic acids is 2. The van der Waals surface area contributed by atoms with Crippen LogP contribution in [0.4, 0.5) is 0 Å². The zero-order valence-corrected chi connectivity index (χ0v) is 27.8. The summed E-state index contributed by atoms with van der Waals surface area (Å²) >= 11 is 3.63. The van der Waals surface area contributed by atoms with Gasteiger partial charge in [0.2, 0.25) is 0 Å². The maximum absolute atomic E-state index is 14.2. The molecule has 0 bridgehead atoms. The molecule has 2 aliphatic rings. The number of benzene rings is 3. The van der Waals surface area contributed by atoms with Crippen molar-refractivity contribution >= 4 is 27.7 Å². The Morgan fingerprint density at radius 2 is 1.64 bits per heavy atom. The molecule has 0 spiro atoms. The van der Waals surface area contributed by atoms with E-state index in [9.17, 15) is 9.59 Å². The lowest BCUT2D eigenvalue weighted by Crippen LogP contribution is -2.36. The third kappa shape index (κ3) is 6.73. The molecule has 1 aliphatic carbocycles.